The van der Waals surface area contributed by atoms with Gasteiger partial charge in [-0.25, -0.2) is 0 Å². The Morgan fingerprint density at radius 2 is 2.00 bits per heavy atom. The average molecular weight is 347 g/mol. The summed E-state index contributed by atoms with van der Waals surface area (Å²) in [6, 6.07) is 8.19. The van der Waals surface area contributed by atoms with E-state index >= 15 is 0 Å². The standard InChI is InChI=1S/C21H34O2Si/c1-5-6-7-8-14-24(3,4)19-12-13-20(21(16-19)23-2)17-10-9-11-18(22)15-17/h12-13,16-17H,5-11,14-15H2,1-4H3. The van der Waals surface area contributed by atoms with Gasteiger partial charge in [0.25, 0.3) is 0 Å². The Morgan fingerprint density at radius 1 is 1.21 bits per heavy atom. The molecule has 1 saturated carbocycles. The van der Waals surface area contributed by atoms with Crippen molar-refractivity contribution < 1.29 is 9.53 Å². The van der Waals surface area contributed by atoms with Crippen molar-refractivity contribution in [2.45, 2.75) is 83.3 Å². The highest BCUT2D eigenvalue weighted by atomic mass is 28.3. The van der Waals surface area contributed by atoms with Gasteiger partial charge >= 0.3 is 0 Å². The van der Waals surface area contributed by atoms with Crippen molar-refractivity contribution in [2.75, 3.05) is 7.11 Å². The lowest BCUT2D eigenvalue weighted by molar-refractivity contribution is -0.120. The Balaban J connectivity index is 2.13. The molecule has 134 valence electrons. The summed E-state index contributed by atoms with van der Waals surface area (Å²) in [4.78, 5) is 11.8. The minimum absolute atomic E-state index is 0.351. The maximum Gasteiger partial charge on any atom is 0.133 e. The van der Waals surface area contributed by atoms with E-state index in [-0.39, 0.29) is 0 Å². The van der Waals surface area contributed by atoms with Gasteiger partial charge in [-0.15, -0.1) is 0 Å². The van der Waals surface area contributed by atoms with E-state index in [1.165, 1.54) is 42.5 Å². The summed E-state index contributed by atoms with van der Waals surface area (Å²) < 4.78 is 5.72. The molecule has 0 amide bonds. The first kappa shape index (κ1) is 19.2. The minimum atomic E-state index is -1.41. The Labute approximate surface area is 149 Å². The van der Waals surface area contributed by atoms with E-state index in [0.29, 0.717) is 18.1 Å². The molecule has 1 aromatic rings. The molecule has 0 N–H and O–H groups in total. The first-order valence-electron chi connectivity index (χ1n) is 9.68. The van der Waals surface area contributed by atoms with E-state index in [2.05, 4.69) is 38.2 Å². The number of methoxy groups -OCH3 is 1. The molecular formula is C21H34O2Si. The second kappa shape index (κ2) is 8.84. The van der Waals surface area contributed by atoms with Crippen LogP contribution in [0.3, 0.4) is 0 Å². The van der Waals surface area contributed by atoms with Crippen LogP contribution in [-0.4, -0.2) is 21.0 Å². The maximum atomic E-state index is 11.8. The molecule has 2 rings (SSSR count). The Kier molecular flexibility index (Phi) is 7.09. The lowest BCUT2D eigenvalue weighted by atomic mass is 9.83. The molecule has 2 nitrogen and oxygen atoms in total. The third-order valence-corrected chi connectivity index (χ3v) is 9.07. The predicted molar refractivity (Wildman–Crippen MR) is 105 cm³/mol. The number of hydrogen-bond donors (Lipinski definition) is 0. The highest BCUT2D eigenvalue weighted by Gasteiger charge is 2.27. The monoisotopic (exact) mass is 346 g/mol. The summed E-state index contributed by atoms with van der Waals surface area (Å²) in [5.41, 5.74) is 1.24. The number of carbonyl (C=O) groups excluding carboxylic acids is 1. The molecule has 0 heterocycles. The van der Waals surface area contributed by atoms with Gasteiger partial charge in [0.15, 0.2) is 0 Å². The molecule has 3 heteroatoms. The van der Waals surface area contributed by atoms with Crippen molar-refractivity contribution >= 4 is 19.0 Å². The van der Waals surface area contributed by atoms with Gasteiger partial charge in [-0.3, -0.25) is 4.79 Å². The van der Waals surface area contributed by atoms with Crippen LogP contribution in [-0.2, 0) is 4.79 Å². The summed E-state index contributed by atoms with van der Waals surface area (Å²) in [5, 5.41) is 1.49. The summed E-state index contributed by atoms with van der Waals surface area (Å²) in [7, 11) is 0.357. The molecule has 1 fully saturated rings. The van der Waals surface area contributed by atoms with Crippen molar-refractivity contribution in [1.29, 1.82) is 0 Å². The molecular weight excluding hydrogens is 312 g/mol. The SMILES string of the molecule is CCCCCC[Si](C)(C)c1ccc(C2CCCC(=O)C2)c(OC)c1. The van der Waals surface area contributed by atoms with E-state index < -0.39 is 8.07 Å². The fraction of sp³-hybridized carbons (Fsp3) is 0.667. The zero-order valence-corrected chi connectivity index (χ0v) is 17.0. The number of hydrogen-bond acceptors (Lipinski definition) is 2. The lowest BCUT2D eigenvalue weighted by Crippen LogP contribution is -2.41. The fourth-order valence-electron chi connectivity index (χ4n) is 3.90. The third kappa shape index (κ3) is 4.95. The van der Waals surface area contributed by atoms with Crippen molar-refractivity contribution in [3.05, 3.63) is 23.8 Å². The zero-order valence-electron chi connectivity index (χ0n) is 16.0. The number of Topliss-reactive ketones (excluding diaryl/α,β-unsaturated/α-hetero) is 1. The Morgan fingerprint density at radius 3 is 2.67 bits per heavy atom. The summed E-state index contributed by atoms with van der Waals surface area (Å²) >= 11 is 0. The smallest absolute Gasteiger partial charge is 0.133 e. The van der Waals surface area contributed by atoms with Crippen LogP contribution in [0.2, 0.25) is 19.1 Å². The first-order valence-corrected chi connectivity index (χ1v) is 12.9. The minimum Gasteiger partial charge on any atom is -0.496 e. The van der Waals surface area contributed by atoms with Crippen LogP contribution >= 0.6 is 0 Å². The normalized spacial score (nSPS) is 18.7. The molecule has 1 aromatic carbocycles. The van der Waals surface area contributed by atoms with Crippen LogP contribution in [0, 0.1) is 0 Å². The first-order chi connectivity index (χ1) is 11.5. The van der Waals surface area contributed by atoms with Gasteiger partial charge in [-0.05, 0) is 30.4 Å². The number of ether oxygens (including phenoxy) is 1. The van der Waals surface area contributed by atoms with E-state index in [0.717, 1.165) is 25.0 Å². The van der Waals surface area contributed by atoms with Crippen molar-refractivity contribution in [1.82, 2.24) is 0 Å². The summed E-state index contributed by atoms with van der Waals surface area (Å²) in [5.74, 6) is 1.76. The van der Waals surface area contributed by atoms with Gasteiger partial charge in [0.2, 0.25) is 0 Å². The molecule has 1 aliphatic rings. The van der Waals surface area contributed by atoms with E-state index in [1.807, 2.05) is 0 Å². The highest BCUT2D eigenvalue weighted by molar-refractivity contribution is 6.89. The molecule has 1 aliphatic carbocycles. The van der Waals surface area contributed by atoms with E-state index in [1.54, 1.807) is 7.11 Å². The number of ketones is 1. The van der Waals surface area contributed by atoms with Crippen LogP contribution in [0.25, 0.3) is 0 Å². The number of benzene rings is 1. The second-order valence-corrected chi connectivity index (χ2v) is 12.8. The Bertz CT molecular complexity index is 551. The molecule has 1 atom stereocenters. The van der Waals surface area contributed by atoms with Crippen molar-refractivity contribution in [3.8, 4) is 5.75 Å². The average Bonchev–Trinajstić information content (AvgIpc) is 2.58. The molecule has 0 aromatic heterocycles. The highest BCUT2D eigenvalue weighted by Crippen LogP contribution is 2.36. The molecule has 0 saturated heterocycles. The van der Waals surface area contributed by atoms with Gasteiger partial charge < -0.3 is 4.74 Å². The van der Waals surface area contributed by atoms with E-state index in [9.17, 15) is 4.79 Å². The zero-order chi connectivity index (χ0) is 17.6. The van der Waals surface area contributed by atoms with Gasteiger partial charge in [0.05, 0.1) is 15.2 Å². The maximum absolute atomic E-state index is 11.8. The van der Waals surface area contributed by atoms with Gasteiger partial charge in [0, 0.05) is 12.8 Å². The van der Waals surface area contributed by atoms with Crippen LogP contribution < -0.4 is 9.92 Å². The van der Waals surface area contributed by atoms with Gasteiger partial charge in [-0.2, -0.15) is 0 Å². The molecule has 0 radical (unpaired) electrons. The molecule has 1 unspecified atom stereocenters. The number of carbonyl (C=O) groups is 1. The van der Waals surface area contributed by atoms with E-state index in [4.69, 9.17) is 4.74 Å². The summed E-state index contributed by atoms with van der Waals surface area (Å²) in [6.45, 7) is 7.21. The lowest BCUT2D eigenvalue weighted by Gasteiger charge is -2.27. The van der Waals surface area contributed by atoms with Crippen LogP contribution in [0.4, 0.5) is 0 Å². The Hall–Kier alpha value is -1.09. The largest absolute Gasteiger partial charge is 0.496 e. The quantitative estimate of drug-likeness (QED) is 0.464. The molecule has 0 bridgehead atoms. The number of rotatable bonds is 8. The molecule has 0 spiro atoms. The molecule has 0 aliphatic heterocycles. The van der Waals surface area contributed by atoms with Crippen LogP contribution in [0.1, 0.15) is 69.8 Å². The van der Waals surface area contributed by atoms with Gasteiger partial charge in [-0.1, -0.05) is 69.1 Å². The third-order valence-electron chi connectivity index (χ3n) is 5.59. The topological polar surface area (TPSA) is 26.3 Å². The molecule has 24 heavy (non-hydrogen) atoms. The van der Waals surface area contributed by atoms with Crippen molar-refractivity contribution in [3.63, 3.8) is 0 Å². The van der Waals surface area contributed by atoms with Crippen LogP contribution in [0.5, 0.6) is 5.75 Å². The van der Waals surface area contributed by atoms with Crippen molar-refractivity contribution in [2.24, 2.45) is 0 Å². The summed E-state index contributed by atoms with van der Waals surface area (Å²) in [6.07, 6.45) is 8.92. The van der Waals surface area contributed by atoms with Gasteiger partial charge in [0.1, 0.15) is 11.5 Å². The second-order valence-electron chi connectivity index (χ2n) is 7.98. The fourth-order valence-corrected chi connectivity index (χ4v) is 6.38. The predicted octanol–water partition coefficient (Wildman–Crippen LogP) is 5.42. The number of unbranched alkanes of at least 4 members (excludes halogenated alkanes) is 3. The van der Waals surface area contributed by atoms with Crippen LogP contribution in [0.15, 0.2) is 18.2 Å².